The maximum absolute atomic E-state index is 6.31. The molecule has 2 aromatic heterocycles. The molecule has 0 saturated heterocycles. The van der Waals surface area contributed by atoms with Gasteiger partial charge >= 0.3 is 0 Å². The van der Waals surface area contributed by atoms with Crippen LogP contribution in [0.2, 0.25) is 10.0 Å². The summed E-state index contributed by atoms with van der Waals surface area (Å²) in [4.78, 5) is 4.08. The number of para-hydroxylation sites is 1. The van der Waals surface area contributed by atoms with E-state index in [0.29, 0.717) is 15.8 Å². The quantitative estimate of drug-likeness (QED) is 0.381. The van der Waals surface area contributed by atoms with Crippen LogP contribution in [0.3, 0.4) is 0 Å². The zero-order chi connectivity index (χ0) is 18.6. The van der Waals surface area contributed by atoms with Crippen LogP contribution >= 0.6 is 35.0 Å². The van der Waals surface area contributed by atoms with Crippen molar-refractivity contribution in [3.8, 4) is 17.1 Å². The molecule has 27 heavy (non-hydrogen) atoms. The van der Waals surface area contributed by atoms with Gasteiger partial charge in [-0.25, -0.2) is 0 Å². The number of hydrogen-bond donors (Lipinski definition) is 0. The van der Waals surface area contributed by atoms with Crippen molar-refractivity contribution in [2.45, 2.75) is 10.9 Å². The summed E-state index contributed by atoms with van der Waals surface area (Å²) in [5.74, 6) is 1.36. The Kier molecular flexibility index (Phi) is 5.43. The van der Waals surface area contributed by atoms with E-state index in [1.165, 1.54) is 0 Å². The summed E-state index contributed by atoms with van der Waals surface area (Å²) < 4.78 is 2.03. The fourth-order valence-corrected chi connectivity index (χ4v) is 4.36. The standard InChI is InChI=1S/C20H14Cl2N4S/c21-17-7-4-8-18(22)16(17)13-27-20-25-24-19(14-9-11-23-12-10-14)26(20)15-5-2-1-3-6-15/h1-12H,13H2. The molecule has 0 saturated carbocycles. The van der Waals surface area contributed by atoms with Crippen molar-refractivity contribution in [2.75, 3.05) is 0 Å². The molecule has 2 heterocycles. The minimum absolute atomic E-state index is 0.597. The first kappa shape index (κ1) is 18.0. The second kappa shape index (κ2) is 8.13. The lowest BCUT2D eigenvalue weighted by molar-refractivity contribution is 0.886. The number of thioether (sulfide) groups is 1. The lowest BCUT2D eigenvalue weighted by Gasteiger charge is -2.11. The molecule has 0 spiro atoms. The molecule has 0 unspecified atom stereocenters. The van der Waals surface area contributed by atoms with Gasteiger partial charge in [-0.1, -0.05) is 59.2 Å². The zero-order valence-electron chi connectivity index (χ0n) is 14.1. The van der Waals surface area contributed by atoms with Crippen molar-refractivity contribution in [2.24, 2.45) is 0 Å². The molecule has 4 nitrogen and oxygen atoms in total. The fourth-order valence-electron chi connectivity index (χ4n) is 2.67. The molecule has 0 aliphatic heterocycles. The van der Waals surface area contributed by atoms with E-state index >= 15 is 0 Å². The van der Waals surface area contributed by atoms with E-state index in [-0.39, 0.29) is 0 Å². The van der Waals surface area contributed by atoms with Gasteiger partial charge in [0.05, 0.1) is 0 Å². The van der Waals surface area contributed by atoms with Crippen LogP contribution in [0, 0.1) is 0 Å². The third kappa shape index (κ3) is 3.86. The van der Waals surface area contributed by atoms with E-state index in [2.05, 4.69) is 15.2 Å². The lowest BCUT2D eigenvalue weighted by Crippen LogP contribution is -1.99. The van der Waals surface area contributed by atoms with Gasteiger partial charge in [-0.05, 0) is 42.0 Å². The molecule has 0 aliphatic rings. The van der Waals surface area contributed by atoms with Gasteiger partial charge in [0.1, 0.15) is 0 Å². The van der Waals surface area contributed by atoms with Gasteiger partial charge in [-0.15, -0.1) is 10.2 Å². The van der Waals surface area contributed by atoms with Crippen LogP contribution in [0.4, 0.5) is 0 Å². The first-order chi connectivity index (χ1) is 13.2. The summed E-state index contributed by atoms with van der Waals surface area (Å²) in [6, 6.07) is 19.4. The summed E-state index contributed by atoms with van der Waals surface area (Å²) in [6.07, 6.45) is 3.49. The lowest BCUT2D eigenvalue weighted by atomic mass is 10.2. The van der Waals surface area contributed by atoms with E-state index in [1.807, 2.05) is 65.2 Å². The van der Waals surface area contributed by atoms with Crippen molar-refractivity contribution in [1.82, 2.24) is 19.7 Å². The molecule has 4 aromatic rings. The number of halogens is 2. The second-order valence-corrected chi connectivity index (χ2v) is 7.46. The molecular weight excluding hydrogens is 399 g/mol. The van der Waals surface area contributed by atoms with Crippen LogP contribution in [0.1, 0.15) is 5.56 Å². The van der Waals surface area contributed by atoms with E-state index in [1.54, 1.807) is 24.2 Å². The highest BCUT2D eigenvalue weighted by Gasteiger charge is 2.17. The summed E-state index contributed by atoms with van der Waals surface area (Å²) in [5.41, 5.74) is 2.82. The van der Waals surface area contributed by atoms with Crippen molar-refractivity contribution < 1.29 is 0 Å². The van der Waals surface area contributed by atoms with Gasteiger partial charge in [-0.2, -0.15) is 0 Å². The number of rotatable bonds is 5. The highest BCUT2D eigenvalue weighted by molar-refractivity contribution is 7.98. The molecule has 0 aliphatic carbocycles. The monoisotopic (exact) mass is 412 g/mol. The molecule has 0 bridgehead atoms. The minimum atomic E-state index is 0.597. The number of pyridine rings is 1. The maximum atomic E-state index is 6.31. The Labute approximate surface area is 171 Å². The van der Waals surface area contributed by atoms with E-state index in [9.17, 15) is 0 Å². The Morgan fingerprint density at radius 2 is 1.52 bits per heavy atom. The average Bonchev–Trinajstić information content (AvgIpc) is 3.13. The van der Waals surface area contributed by atoms with Gasteiger partial charge in [0.25, 0.3) is 0 Å². The van der Waals surface area contributed by atoms with Gasteiger partial charge < -0.3 is 0 Å². The van der Waals surface area contributed by atoms with E-state index in [0.717, 1.165) is 27.8 Å². The summed E-state index contributed by atoms with van der Waals surface area (Å²) in [7, 11) is 0. The smallest absolute Gasteiger partial charge is 0.196 e. The molecule has 7 heteroatoms. The van der Waals surface area contributed by atoms with Crippen molar-refractivity contribution >= 4 is 35.0 Å². The summed E-state index contributed by atoms with van der Waals surface area (Å²) >= 11 is 14.2. The second-order valence-electron chi connectivity index (χ2n) is 5.70. The van der Waals surface area contributed by atoms with E-state index < -0.39 is 0 Å². The van der Waals surface area contributed by atoms with E-state index in [4.69, 9.17) is 23.2 Å². The molecule has 134 valence electrons. The van der Waals surface area contributed by atoms with Crippen molar-refractivity contribution in [3.05, 3.63) is 88.7 Å². The molecule has 0 amide bonds. The zero-order valence-corrected chi connectivity index (χ0v) is 16.4. The minimum Gasteiger partial charge on any atom is -0.270 e. The highest BCUT2D eigenvalue weighted by Crippen LogP contribution is 2.33. The fraction of sp³-hybridized carbons (Fsp3) is 0.0500. The Hall–Kier alpha value is -2.34. The Balaban J connectivity index is 1.74. The predicted molar refractivity (Wildman–Crippen MR) is 111 cm³/mol. The highest BCUT2D eigenvalue weighted by atomic mass is 35.5. The molecule has 0 fully saturated rings. The third-order valence-electron chi connectivity index (χ3n) is 3.99. The van der Waals surface area contributed by atoms with Crippen LogP contribution in [0.5, 0.6) is 0 Å². The first-order valence-corrected chi connectivity index (χ1v) is 9.95. The molecule has 4 rings (SSSR count). The average molecular weight is 413 g/mol. The number of aromatic nitrogens is 4. The van der Waals surface area contributed by atoms with Gasteiger partial charge in [0.2, 0.25) is 0 Å². The molecule has 0 atom stereocenters. The first-order valence-electron chi connectivity index (χ1n) is 8.21. The van der Waals surface area contributed by atoms with Crippen molar-refractivity contribution in [3.63, 3.8) is 0 Å². The molecule has 2 aromatic carbocycles. The predicted octanol–water partition coefficient (Wildman–Crippen LogP) is 5.93. The third-order valence-corrected chi connectivity index (χ3v) is 5.66. The maximum Gasteiger partial charge on any atom is 0.196 e. The number of nitrogens with zero attached hydrogens (tertiary/aromatic N) is 4. The van der Waals surface area contributed by atoms with Crippen LogP contribution in [-0.2, 0) is 5.75 Å². The number of benzene rings is 2. The number of hydrogen-bond acceptors (Lipinski definition) is 4. The Bertz CT molecular complexity index is 1030. The summed E-state index contributed by atoms with van der Waals surface area (Å²) in [5, 5.41) is 10.9. The van der Waals surface area contributed by atoms with Crippen LogP contribution < -0.4 is 0 Å². The van der Waals surface area contributed by atoms with Gasteiger partial charge in [0.15, 0.2) is 11.0 Å². The molecule has 0 radical (unpaired) electrons. The van der Waals surface area contributed by atoms with Crippen LogP contribution in [0.25, 0.3) is 17.1 Å². The Morgan fingerprint density at radius 3 is 2.22 bits per heavy atom. The van der Waals surface area contributed by atoms with Gasteiger partial charge in [0, 0.05) is 39.4 Å². The normalized spacial score (nSPS) is 10.9. The van der Waals surface area contributed by atoms with Gasteiger partial charge in [-0.3, -0.25) is 9.55 Å². The van der Waals surface area contributed by atoms with Crippen molar-refractivity contribution in [1.29, 1.82) is 0 Å². The molecular formula is C20H14Cl2N4S. The van der Waals surface area contributed by atoms with Crippen LogP contribution in [-0.4, -0.2) is 19.7 Å². The molecule has 0 N–H and O–H groups in total. The SMILES string of the molecule is Clc1cccc(Cl)c1CSc1nnc(-c2ccncc2)n1-c1ccccc1. The Morgan fingerprint density at radius 1 is 0.815 bits per heavy atom. The largest absolute Gasteiger partial charge is 0.270 e. The summed E-state index contributed by atoms with van der Waals surface area (Å²) in [6.45, 7) is 0. The topological polar surface area (TPSA) is 43.6 Å². The van der Waals surface area contributed by atoms with Crippen LogP contribution in [0.15, 0.2) is 78.2 Å².